The molecular weight excluding hydrogens is 278 g/mol. The van der Waals surface area contributed by atoms with Crippen LogP contribution in [-0.2, 0) is 6.54 Å². The maximum absolute atomic E-state index is 5.67. The van der Waals surface area contributed by atoms with Crippen molar-refractivity contribution in [3.8, 4) is 0 Å². The fourth-order valence-electron chi connectivity index (χ4n) is 3.05. The monoisotopic (exact) mass is 303 g/mol. The predicted octanol–water partition coefficient (Wildman–Crippen LogP) is 3.94. The number of hydrogen-bond acceptors (Lipinski definition) is 4. The SMILES string of the molecule is CCCC1CCC(N(C)Cc2cnc(N)s2)CC1.Cl. The summed E-state index contributed by atoms with van der Waals surface area (Å²) in [6, 6.07) is 0.751. The highest BCUT2D eigenvalue weighted by molar-refractivity contribution is 7.15. The summed E-state index contributed by atoms with van der Waals surface area (Å²) in [7, 11) is 2.24. The topological polar surface area (TPSA) is 42.2 Å². The summed E-state index contributed by atoms with van der Waals surface area (Å²) in [5.41, 5.74) is 5.67. The van der Waals surface area contributed by atoms with Gasteiger partial charge in [0.1, 0.15) is 0 Å². The fourth-order valence-corrected chi connectivity index (χ4v) is 3.80. The van der Waals surface area contributed by atoms with Crippen LogP contribution in [0.15, 0.2) is 6.20 Å². The van der Waals surface area contributed by atoms with Gasteiger partial charge in [-0.3, -0.25) is 4.90 Å². The van der Waals surface area contributed by atoms with Crippen molar-refractivity contribution in [1.82, 2.24) is 9.88 Å². The molecule has 0 radical (unpaired) electrons. The molecule has 5 heteroatoms. The maximum Gasteiger partial charge on any atom is 0.180 e. The summed E-state index contributed by atoms with van der Waals surface area (Å²) >= 11 is 1.61. The number of nitrogens with zero attached hydrogens (tertiary/aromatic N) is 2. The molecule has 0 aliphatic heterocycles. The highest BCUT2D eigenvalue weighted by atomic mass is 35.5. The number of thiazole rings is 1. The van der Waals surface area contributed by atoms with Gasteiger partial charge in [-0.25, -0.2) is 4.98 Å². The summed E-state index contributed by atoms with van der Waals surface area (Å²) in [5, 5.41) is 0.685. The van der Waals surface area contributed by atoms with Crippen LogP contribution < -0.4 is 5.73 Å². The van der Waals surface area contributed by atoms with E-state index in [1.165, 1.54) is 43.4 Å². The Kier molecular flexibility index (Phi) is 7.11. The summed E-state index contributed by atoms with van der Waals surface area (Å²) in [6.07, 6.45) is 10.2. The largest absolute Gasteiger partial charge is 0.375 e. The lowest BCUT2D eigenvalue weighted by Crippen LogP contribution is -2.34. The Morgan fingerprint density at radius 3 is 2.58 bits per heavy atom. The molecular formula is C14H26ClN3S. The first kappa shape index (κ1) is 16.7. The van der Waals surface area contributed by atoms with Crippen LogP contribution in [0.1, 0.15) is 50.3 Å². The third kappa shape index (κ3) is 4.93. The Bertz CT molecular complexity index is 361. The van der Waals surface area contributed by atoms with Gasteiger partial charge in [-0.15, -0.1) is 23.7 Å². The van der Waals surface area contributed by atoms with E-state index in [1.54, 1.807) is 11.3 Å². The number of aromatic nitrogens is 1. The first-order valence-electron chi connectivity index (χ1n) is 7.09. The molecule has 2 N–H and O–H groups in total. The van der Waals surface area contributed by atoms with Gasteiger partial charge >= 0.3 is 0 Å². The number of anilines is 1. The number of nitrogens with two attached hydrogens (primary N) is 1. The maximum atomic E-state index is 5.67. The molecule has 0 spiro atoms. The lowest BCUT2D eigenvalue weighted by atomic mass is 9.83. The third-order valence-electron chi connectivity index (χ3n) is 4.11. The molecule has 1 saturated carbocycles. The van der Waals surface area contributed by atoms with Crippen LogP contribution in [0.3, 0.4) is 0 Å². The second-order valence-electron chi connectivity index (χ2n) is 5.54. The van der Waals surface area contributed by atoms with Crippen molar-refractivity contribution in [3.63, 3.8) is 0 Å². The van der Waals surface area contributed by atoms with Crippen LogP contribution in [0.25, 0.3) is 0 Å². The standard InChI is InChI=1S/C14H25N3S.ClH/c1-3-4-11-5-7-12(8-6-11)17(2)10-13-9-16-14(15)18-13;/h9,11-12H,3-8,10H2,1-2H3,(H2,15,16);1H. The number of hydrogen-bond donors (Lipinski definition) is 1. The Labute approximate surface area is 127 Å². The van der Waals surface area contributed by atoms with E-state index in [2.05, 4.69) is 23.9 Å². The van der Waals surface area contributed by atoms with E-state index in [1.807, 2.05) is 6.20 Å². The van der Waals surface area contributed by atoms with E-state index in [0.29, 0.717) is 5.13 Å². The molecule has 1 fully saturated rings. The van der Waals surface area contributed by atoms with Crippen LogP contribution in [0.4, 0.5) is 5.13 Å². The molecule has 3 nitrogen and oxygen atoms in total. The zero-order valence-corrected chi connectivity index (χ0v) is 13.6. The van der Waals surface area contributed by atoms with E-state index in [-0.39, 0.29) is 12.4 Å². The first-order valence-corrected chi connectivity index (χ1v) is 7.91. The predicted molar refractivity (Wildman–Crippen MR) is 85.9 cm³/mol. The molecule has 1 aliphatic rings. The van der Waals surface area contributed by atoms with Gasteiger partial charge in [0.15, 0.2) is 5.13 Å². The molecule has 0 unspecified atom stereocenters. The molecule has 110 valence electrons. The van der Waals surface area contributed by atoms with Crippen molar-refractivity contribution in [2.24, 2.45) is 5.92 Å². The van der Waals surface area contributed by atoms with Gasteiger partial charge < -0.3 is 5.73 Å². The molecule has 1 heterocycles. The summed E-state index contributed by atoms with van der Waals surface area (Å²) in [4.78, 5) is 7.89. The Balaban J connectivity index is 0.00000180. The van der Waals surface area contributed by atoms with Gasteiger partial charge in [0, 0.05) is 23.7 Å². The van der Waals surface area contributed by atoms with Gasteiger partial charge in [0.2, 0.25) is 0 Å². The average Bonchev–Trinajstić information content (AvgIpc) is 2.76. The Morgan fingerprint density at radius 1 is 1.37 bits per heavy atom. The Hall–Kier alpha value is -0.320. The quantitative estimate of drug-likeness (QED) is 0.896. The minimum absolute atomic E-state index is 0. The van der Waals surface area contributed by atoms with E-state index in [9.17, 15) is 0 Å². The smallest absolute Gasteiger partial charge is 0.180 e. The van der Waals surface area contributed by atoms with Gasteiger partial charge in [-0.1, -0.05) is 19.8 Å². The fraction of sp³-hybridized carbons (Fsp3) is 0.786. The minimum atomic E-state index is 0. The molecule has 2 rings (SSSR count). The lowest BCUT2D eigenvalue weighted by Gasteiger charge is -2.34. The van der Waals surface area contributed by atoms with Crippen LogP contribution in [0, 0.1) is 5.92 Å². The average molecular weight is 304 g/mol. The molecule has 0 saturated heterocycles. The molecule has 0 aromatic carbocycles. The van der Waals surface area contributed by atoms with E-state index in [0.717, 1.165) is 18.5 Å². The second kappa shape index (κ2) is 8.08. The minimum Gasteiger partial charge on any atom is -0.375 e. The normalized spacial score (nSPS) is 23.3. The van der Waals surface area contributed by atoms with Crippen LogP contribution in [0.5, 0.6) is 0 Å². The molecule has 1 aromatic rings. The second-order valence-corrected chi connectivity index (χ2v) is 6.69. The first-order chi connectivity index (χ1) is 8.69. The lowest BCUT2D eigenvalue weighted by molar-refractivity contribution is 0.156. The molecule has 1 aromatic heterocycles. The zero-order valence-electron chi connectivity index (χ0n) is 12.0. The third-order valence-corrected chi connectivity index (χ3v) is 4.92. The number of halogens is 1. The molecule has 0 atom stereocenters. The van der Waals surface area contributed by atoms with Crippen molar-refractivity contribution in [1.29, 1.82) is 0 Å². The van der Waals surface area contributed by atoms with Gasteiger partial charge in [0.05, 0.1) is 0 Å². The summed E-state index contributed by atoms with van der Waals surface area (Å²) in [6.45, 7) is 3.30. The Morgan fingerprint density at radius 2 is 2.05 bits per heavy atom. The van der Waals surface area contributed by atoms with Crippen molar-refractivity contribution in [2.75, 3.05) is 12.8 Å². The molecule has 0 amide bonds. The van der Waals surface area contributed by atoms with Crippen LogP contribution >= 0.6 is 23.7 Å². The zero-order chi connectivity index (χ0) is 13.0. The number of rotatable bonds is 5. The van der Waals surface area contributed by atoms with Crippen LogP contribution in [-0.4, -0.2) is 23.0 Å². The molecule has 0 bridgehead atoms. The van der Waals surface area contributed by atoms with Crippen molar-refractivity contribution in [2.45, 2.75) is 58.0 Å². The number of nitrogen functional groups attached to an aromatic ring is 1. The van der Waals surface area contributed by atoms with Crippen molar-refractivity contribution in [3.05, 3.63) is 11.1 Å². The van der Waals surface area contributed by atoms with Gasteiger partial charge in [-0.05, 0) is 38.6 Å². The van der Waals surface area contributed by atoms with E-state index < -0.39 is 0 Å². The van der Waals surface area contributed by atoms with Crippen molar-refractivity contribution < 1.29 is 0 Å². The molecule has 1 aliphatic carbocycles. The van der Waals surface area contributed by atoms with E-state index in [4.69, 9.17) is 5.73 Å². The van der Waals surface area contributed by atoms with E-state index >= 15 is 0 Å². The highest BCUT2D eigenvalue weighted by Crippen LogP contribution is 2.30. The van der Waals surface area contributed by atoms with Gasteiger partial charge in [-0.2, -0.15) is 0 Å². The molecule has 19 heavy (non-hydrogen) atoms. The van der Waals surface area contributed by atoms with Crippen molar-refractivity contribution >= 4 is 28.9 Å². The van der Waals surface area contributed by atoms with Crippen LogP contribution in [0.2, 0.25) is 0 Å². The summed E-state index contributed by atoms with van der Waals surface area (Å²) < 4.78 is 0. The highest BCUT2D eigenvalue weighted by Gasteiger charge is 2.23. The van der Waals surface area contributed by atoms with Gasteiger partial charge in [0.25, 0.3) is 0 Å². The summed E-state index contributed by atoms with van der Waals surface area (Å²) in [5.74, 6) is 0.985.